The summed E-state index contributed by atoms with van der Waals surface area (Å²) in [5.41, 5.74) is 1.72. The molecule has 0 bridgehead atoms. The summed E-state index contributed by atoms with van der Waals surface area (Å²) in [7, 11) is 1.29. The molecule has 2 rings (SSSR count). The summed E-state index contributed by atoms with van der Waals surface area (Å²) < 4.78 is 4.65. The van der Waals surface area contributed by atoms with E-state index in [1.165, 1.54) is 19.2 Å². The van der Waals surface area contributed by atoms with Crippen molar-refractivity contribution in [3.63, 3.8) is 0 Å². The average molecular weight is 352 g/mol. The van der Waals surface area contributed by atoms with Crippen LogP contribution in [0.2, 0.25) is 10.0 Å². The summed E-state index contributed by atoms with van der Waals surface area (Å²) in [6, 6.07) is 11.9. The van der Waals surface area contributed by atoms with Gasteiger partial charge in [0.25, 0.3) is 0 Å². The maximum atomic E-state index is 12.0. The number of carbonyl (C=O) groups excluding carboxylic acids is 2. The van der Waals surface area contributed by atoms with Crippen molar-refractivity contribution in [2.45, 2.75) is 12.8 Å². The monoisotopic (exact) mass is 351 g/mol. The van der Waals surface area contributed by atoms with Crippen LogP contribution in [0.15, 0.2) is 42.5 Å². The van der Waals surface area contributed by atoms with E-state index in [4.69, 9.17) is 23.2 Å². The number of anilines is 1. The van der Waals surface area contributed by atoms with Gasteiger partial charge in [0, 0.05) is 11.4 Å². The third-order valence-corrected chi connectivity index (χ3v) is 3.80. The zero-order valence-electron chi connectivity index (χ0n) is 12.4. The molecule has 0 saturated carbocycles. The van der Waals surface area contributed by atoms with E-state index in [1.807, 2.05) is 12.1 Å². The van der Waals surface area contributed by atoms with Crippen molar-refractivity contribution in [1.82, 2.24) is 0 Å². The zero-order chi connectivity index (χ0) is 16.8. The predicted molar refractivity (Wildman–Crippen MR) is 91.2 cm³/mol. The van der Waals surface area contributed by atoms with Gasteiger partial charge in [-0.25, -0.2) is 4.79 Å². The van der Waals surface area contributed by atoms with E-state index >= 15 is 0 Å². The number of esters is 1. The number of benzene rings is 2. The molecule has 0 fully saturated rings. The third-order valence-electron chi connectivity index (χ3n) is 3.22. The number of carbonyl (C=O) groups is 2. The minimum absolute atomic E-state index is 0.191. The molecule has 0 radical (unpaired) electrons. The Hall–Kier alpha value is -2.04. The second kappa shape index (κ2) is 7.99. The maximum absolute atomic E-state index is 12.0. The van der Waals surface area contributed by atoms with E-state index in [1.54, 1.807) is 18.2 Å². The fourth-order valence-corrected chi connectivity index (χ4v) is 2.28. The van der Waals surface area contributed by atoms with E-state index in [-0.39, 0.29) is 5.91 Å². The van der Waals surface area contributed by atoms with Gasteiger partial charge < -0.3 is 10.1 Å². The van der Waals surface area contributed by atoms with Gasteiger partial charge in [0.1, 0.15) is 0 Å². The molecule has 0 aliphatic heterocycles. The second-order valence-corrected chi connectivity index (χ2v) is 5.70. The van der Waals surface area contributed by atoms with Crippen molar-refractivity contribution in [3.05, 3.63) is 63.6 Å². The van der Waals surface area contributed by atoms with E-state index in [0.717, 1.165) is 5.56 Å². The molecule has 0 unspecified atom stereocenters. The van der Waals surface area contributed by atoms with Crippen molar-refractivity contribution < 1.29 is 14.3 Å². The van der Waals surface area contributed by atoms with Crippen molar-refractivity contribution >= 4 is 40.8 Å². The normalized spacial score (nSPS) is 10.2. The van der Waals surface area contributed by atoms with Gasteiger partial charge in [-0.15, -0.1) is 0 Å². The standard InChI is InChI=1S/C17H15Cl2NO3/c1-23-17(22)12-5-8-14(19)15(10-12)20-16(21)9-4-11-2-6-13(18)7-3-11/h2-3,5-8,10H,4,9H2,1H3,(H,20,21). The third kappa shape index (κ3) is 4.98. The highest BCUT2D eigenvalue weighted by Gasteiger charge is 2.11. The van der Waals surface area contributed by atoms with Crippen LogP contribution in [0.3, 0.4) is 0 Å². The largest absolute Gasteiger partial charge is 0.465 e. The Balaban J connectivity index is 1.99. The fraction of sp³-hybridized carbons (Fsp3) is 0.176. The first kappa shape index (κ1) is 17.3. The Morgan fingerprint density at radius 2 is 1.78 bits per heavy atom. The molecule has 1 amide bonds. The average Bonchev–Trinajstić information content (AvgIpc) is 2.55. The van der Waals surface area contributed by atoms with E-state index in [2.05, 4.69) is 10.1 Å². The smallest absolute Gasteiger partial charge is 0.337 e. The first-order chi connectivity index (χ1) is 11.0. The van der Waals surface area contributed by atoms with Crippen molar-refractivity contribution in [2.75, 3.05) is 12.4 Å². The van der Waals surface area contributed by atoms with Crippen LogP contribution in [-0.4, -0.2) is 19.0 Å². The maximum Gasteiger partial charge on any atom is 0.337 e. The van der Waals surface area contributed by atoms with Gasteiger partial charge in [-0.3, -0.25) is 4.79 Å². The minimum Gasteiger partial charge on any atom is -0.465 e. The number of hydrogen-bond acceptors (Lipinski definition) is 3. The summed E-state index contributed by atoms with van der Waals surface area (Å²) in [6.45, 7) is 0. The van der Waals surface area contributed by atoms with Crippen LogP contribution in [0.4, 0.5) is 5.69 Å². The van der Waals surface area contributed by atoms with Gasteiger partial charge in [0.05, 0.1) is 23.4 Å². The van der Waals surface area contributed by atoms with E-state index in [9.17, 15) is 9.59 Å². The number of aryl methyl sites for hydroxylation is 1. The summed E-state index contributed by atoms with van der Waals surface area (Å²) >= 11 is 11.9. The molecule has 0 aliphatic carbocycles. The molecule has 6 heteroatoms. The van der Waals surface area contributed by atoms with Gasteiger partial charge >= 0.3 is 5.97 Å². The lowest BCUT2D eigenvalue weighted by Gasteiger charge is -2.09. The molecule has 0 spiro atoms. The van der Waals surface area contributed by atoms with Gasteiger partial charge in [-0.1, -0.05) is 35.3 Å². The molecule has 4 nitrogen and oxygen atoms in total. The predicted octanol–water partition coefficient (Wildman–Crippen LogP) is 4.35. The molecule has 2 aromatic rings. The number of halogens is 2. The highest BCUT2D eigenvalue weighted by atomic mass is 35.5. The number of methoxy groups -OCH3 is 1. The summed E-state index contributed by atoms with van der Waals surface area (Å²) in [6.07, 6.45) is 0.873. The first-order valence-corrected chi connectivity index (χ1v) is 7.67. The lowest BCUT2D eigenvalue weighted by atomic mass is 10.1. The lowest BCUT2D eigenvalue weighted by molar-refractivity contribution is -0.116. The Bertz CT molecular complexity index is 714. The minimum atomic E-state index is -0.488. The van der Waals surface area contributed by atoms with Crippen LogP contribution in [-0.2, 0) is 16.0 Å². The van der Waals surface area contributed by atoms with E-state index in [0.29, 0.717) is 34.1 Å². The number of amides is 1. The first-order valence-electron chi connectivity index (χ1n) is 6.92. The number of ether oxygens (including phenoxy) is 1. The van der Waals surface area contributed by atoms with Crippen molar-refractivity contribution in [3.8, 4) is 0 Å². The van der Waals surface area contributed by atoms with Crippen LogP contribution < -0.4 is 5.32 Å². The Morgan fingerprint density at radius 1 is 1.09 bits per heavy atom. The summed E-state index contributed by atoms with van der Waals surface area (Å²) in [5.74, 6) is -0.679. The Morgan fingerprint density at radius 3 is 2.43 bits per heavy atom. The molecular weight excluding hydrogens is 337 g/mol. The van der Waals surface area contributed by atoms with E-state index < -0.39 is 5.97 Å². The zero-order valence-corrected chi connectivity index (χ0v) is 13.9. The van der Waals surface area contributed by atoms with Gasteiger partial charge in [0.2, 0.25) is 5.91 Å². The molecule has 120 valence electrons. The number of rotatable bonds is 5. The van der Waals surface area contributed by atoms with Crippen LogP contribution in [0.5, 0.6) is 0 Å². The Labute approximate surface area is 144 Å². The molecule has 0 heterocycles. The van der Waals surface area contributed by atoms with Crippen LogP contribution in [0.25, 0.3) is 0 Å². The van der Waals surface area contributed by atoms with Crippen molar-refractivity contribution in [2.24, 2.45) is 0 Å². The topological polar surface area (TPSA) is 55.4 Å². The van der Waals surface area contributed by atoms with Gasteiger partial charge in [0.15, 0.2) is 0 Å². The number of nitrogens with one attached hydrogen (secondary N) is 1. The van der Waals surface area contributed by atoms with Crippen LogP contribution in [0.1, 0.15) is 22.3 Å². The van der Waals surface area contributed by atoms with Crippen LogP contribution in [0, 0.1) is 0 Å². The molecule has 0 atom stereocenters. The summed E-state index contributed by atoms with van der Waals surface area (Å²) in [4.78, 5) is 23.6. The second-order valence-electron chi connectivity index (χ2n) is 4.86. The Kier molecular flexibility index (Phi) is 6.02. The van der Waals surface area contributed by atoms with Crippen molar-refractivity contribution in [1.29, 1.82) is 0 Å². The number of hydrogen-bond donors (Lipinski definition) is 1. The van der Waals surface area contributed by atoms with Gasteiger partial charge in [-0.2, -0.15) is 0 Å². The highest BCUT2D eigenvalue weighted by molar-refractivity contribution is 6.33. The lowest BCUT2D eigenvalue weighted by Crippen LogP contribution is -2.13. The molecule has 0 aromatic heterocycles. The highest BCUT2D eigenvalue weighted by Crippen LogP contribution is 2.24. The molecular formula is C17H15Cl2NO3. The van der Waals surface area contributed by atoms with Gasteiger partial charge in [-0.05, 0) is 42.3 Å². The molecule has 0 saturated heterocycles. The molecule has 23 heavy (non-hydrogen) atoms. The SMILES string of the molecule is COC(=O)c1ccc(Cl)c(NC(=O)CCc2ccc(Cl)cc2)c1. The quantitative estimate of drug-likeness (QED) is 0.814. The van der Waals surface area contributed by atoms with Crippen LogP contribution >= 0.6 is 23.2 Å². The molecule has 0 aliphatic rings. The molecule has 1 N–H and O–H groups in total. The summed E-state index contributed by atoms with van der Waals surface area (Å²) in [5, 5.41) is 3.72. The fourth-order valence-electron chi connectivity index (χ4n) is 1.99. The molecule has 2 aromatic carbocycles.